The van der Waals surface area contributed by atoms with E-state index in [1.807, 2.05) is 35.2 Å². The Morgan fingerprint density at radius 1 is 1.07 bits per heavy atom. The molecule has 0 spiro atoms. The Kier molecular flexibility index (Phi) is 6.47. The van der Waals surface area contributed by atoms with Crippen LogP contribution in [0.2, 0.25) is 0 Å². The van der Waals surface area contributed by atoms with Crippen LogP contribution >= 0.6 is 0 Å². The third kappa shape index (κ3) is 5.33. The second kappa shape index (κ2) is 9.21. The van der Waals surface area contributed by atoms with Crippen molar-refractivity contribution in [2.45, 2.75) is 31.7 Å². The fourth-order valence-corrected chi connectivity index (χ4v) is 3.39. The molecule has 0 aliphatic carbocycles. The van der Waals surface area contributed by atoms with Gasteiger partial charge in [-0.3, -0.25) is 9.59 Å². The second-order valence-electron chi connectivity index (χ2n) is 6.84. The highest BCUT2D eigenvalue weighted by Gasteiger charge is 2.24. The summed E-state index contributed by atoms with van der Waals surface area (Å²) in [5.41, 5.74) is 1.69. The molecule has 0 aromatic heterocycles. The maximum absolute atomic E-state index is 12.6. The van der Waals surface area contributed by atoms with Crippen LogP contribution in [0, 0.1) is 0 Å². The molecule has 1 aliphatic rings. The first-order valence-corrected chi connectivity index (χ1v) is 9.42. The molecule has 0 bridgehead atoms. The van der Waals surface area contributed by atoms with E-state index in [1.54, 1.807) is 31.4 Å². The topological polar surface area (TPSA) is 58.6 Å². The highest BCUT2D eigenvalue weighted by Crippen LogP contribution is 2.18. The first-order valence-electron chi connectivity index (χ1n) is 9.42. The monoisotopic (exact) mass is 366 g/mol. The molecule has 1 aliphatic heterocycles. The van der Waals surface area contributed by atoms with Crippen LogP contribution in [-0.2, 0) is 4.79 Å². The average molecular weight is 366 g/mol. The number of anilines is 1. The summed E-state index contributed by atoms with van der Waals surface area (Å²) in [7, 11) is 1.59. The van der Waals surface area contributed by atoms with Crippen molar-refractivity contribution < 1.29 is 14.3 Å². The molecule has 1 N–H and O–H groups in total. The van der Waals surface area contributed by atoms with Gasteiger partial charge in [-0.15, -0.1) is 0 Å². The van der Waals surface area contributed by atoms with E-state index in [-0.39, 0.29) is 30.6 Å². The third-order valence-corrected chi connectivity index (χ3v) is 4.90. The van der Waals surface area contributed by atoms with Crippen LogP contribution in [0.15, 0.2) is 54.6 Å². The van der Waals surface area contributed by atoms with Gasteiger partial charge in [0.1, 0.15) is 5.75 Å². The van der Waals surface area contributed by atoms with Crippen molar-refractivity contribution >= 4 is 17.4 Å². The van der Waals surface area contributed by atoms with Crippen LogP contribution in [0.4, 0.5) is 5.69 Å². The summed E-state index contributed by atoms with van der Waals surface area (Å²) in [5.74, 6) is 0.756. The molecular weight excluding hydrogens is 340 g/mol. The number of nitrogens with one attached hydrogen (secondary N) is 1. The Hall–Kier alpha value is -2.82. The number of amides is 1. The number of nitrogens with zero attached hydrogens (tertiary/aromatic N) is 1. The van der Waals surface area contributed by atoms with E-state index in [0.29, 0.717) is 17.9 Å². The van der Waals surface area contributed by atoms with Crippen LogP contribution in [0.3, 0.4) is 0 Å². The Bertz CT molecular complexity index is 759. The van der Waals surface area contributed by atoms with Crippen LogP contribution in [0.25, 0.3) is 0 Å². The summed E-state index contributed by atoms with van der Waals surface area (Å²) in [6, 6.07) is 17.3. The highest BCUT2D eigenvalue weighted by molar-refractivity contribution is 5.98. The predicted molar refractivity (Wildman–Crippen MR) is 106 cm³/mol. The van der Waals surface area contributed by atoms with Gasteiger partial charge in [-0.05, 0) is 49.2 Å². The summed E-state index contributed by atoms with van der Waals surface area (Å²) in [6.45, 7) is 1.45. The van der Waals surface area contributed by atoms with E-state index >= 15 is 0 Å². The van der Waals surface area contributed by atoms with Gasteiger partial charge < -0.3 is 15.0 Å². The van der Waals surface area contributed by atoms with Gasteiger partial charge in [-0.1, -0.05) is 18.2 Å². The van der Waals surface area contributed by atoms with Gasteiger partial charge in [0, 0.05) is 43.2 Å². The van der Waals surface area contributed by atoms with Gasteiger partial charge in [-0.2, -0.15) is 0 Å². The van der Waals surface area contributed by atoms with Crippen LogP contribution in [-0.4, -0.2) is 42.8 Å². The SMILES string of the molecule is COc1ccc(C(=O)CCC(=O)N2CCC[C@@H](Nc3ccccc3)C2)cc1. The molecule has 0 unspecified atom stereocenters. The van der Waals surface area contributed by atoms with E-state index in [4.69, 9.17) is 4.74 Å². The first kappa shape index (κ1) is 19.0. The molecule has 5 nitrogen and oxygen atoms in total. The van der Waals surface area contributed by atoms with Crippen molar-refractivity contribution in [2.24, 2.45) is 0 Å². The molecule has 142 valence electrons. The Morgan fingerprint density at radius 2 is 1.81 bits per heavy atom. The van der Waals surface area contributed by atoms with Crippen LogP contribution in [0.1, 0.15) is 36.0 Å². The van der Waals surface area contributed by atoms with E-state index < -0.39 is 0 Å². The van der Waals surface area contributed by atoms with Crippen molar-refractivity contribution in [1.82, 2.24) is 4.90 Å². The number of carbonyl (C=O) groups excluding carboxylic acids is 2. The molecule has 3 rings (SSSR count). The molecule has 1 saturated heterocycles. The zero-order chi connectivity index (χ0) is 19.1. The summed E-state index contributed by atoms with van der Waals surface area (Å²) >= 11 is 0. The molecule has 0 radical (unpaired) electrons. The maximum Gasteiger partial charge on any atom is 0.223 e. The fraction of sp³-hybridized carbons (Fsp3) is 0.364. The van der Waals surface area contributed by atoms with Crippen LogP contribution < -0.4 is 10.1 Å². The van der Waals surface area contributed by atoms with Gasteiger partial charge in [0.25, 0.3) is 0 Å². The van der Waals surface area contributed by atoms with E-state index in [1.165, 1.54) is 0 Å². The van der Waals surface area contributed by atoms with E-state index in [9.17, 15) is 9.59 Å². The molecular formula is C22H26N2O3. The lowest BCUT2D eigenvalue weighted by Gasteiger charge is -2.33. The minimum absolute atomic E-state index is 0.0121. The Labute approximate surface area is 160 Å². The number of ketones is 1. The Balaban J connectivity index is 1.48. The molecule has 27 heavy (non-hydrogen) atoms. The van der Waals surface area contributed by atoms with Crippen LogP contribution in [0.5, 0.6) is 5.75 Å². The number of ether oxygens (including phenoxy) is 1. The number of para-hydroxylation sites is 1. The highest BCUT2D eigenvalue weighted by atomic mass is 16.5. The van der Waals surface area contributed by atoms with E-state index in [2.05, 4.69) is 5.32 Å². The summed E-state index contributed by atoms with van der Waals surface area (Å²) in [5, 5.41) is 3.49. The molecule has 5 heteroatoms. The van der Waals surface area contributed by atoms with Crippen molar-refractivity contribution in [3.8, 4) is 5.75 Å². The fourth-order valence-electron chi connectivity index (χ4n) is 3.39. The lowest BCUT2D eigenvalue weighted by atomic mass is 10.0. The van der Waals surface area contributed by atoms with Crippen molar-refractivity contribution in [2.75, 3.05) is 25.5 Å². The lowest BCUT2D eigenvalue weighted by molar-refractivity contribution is -0.132. The summed E-state index contributed by atoms with van der Waals surface area (Å²) < 4.78 is 5.10. The summed E-state index contributed by atoms with van der Waals surface area (Å²) in [6.07, 6.45) is 2.51. The van der Waals surface area contributed by atoms with Gasteiger partial charge in [0.05, 0.1) is 7.11 Å². The smallest absolute Gasteiger partial charge is 0.223 e. The predicted octanol–water partition coefficient (Wildman–Crippen LogP) is 3.76. The quantitative estimate of drug-likeness (QED) is 0.758. The molecule has 2 aromatic carbocycles. The number of likely N-dealkylation sites (tertiary alicyclic amines) is 1. The number of piperidine rings is 1. The number of rotatable bonds is 7. The first-order chi connectivity index (χ1) is 13.2. The van der Waals surface area contributed by atoms with Crippen molar-refractivity contribution in [1.29, 1.82) is 0 Å². The molecule has 0 saturated carbocycles. The minimum atomic E-state index is -0.0121. The van der Waals surface area contributed by atoms with E-state index in [0.717, 1.165) is 25.1 Å². The van der Waals surface area contributed by atoms with Crippen molar-refractivity contribution in [3.05, 3.63) is 60.2 Å². The van der Waals surface area contributed by atoms with Gasteiger partial charge in [-0.25, -0.2) is 0 Å². The number of carbonyl (C=O) groups is 2. The second-order valence-corrected chi connectivity index (χ2v) is 6.84. The molecule has 1 fully saturated rings. The molecule has 1 amide bonds. The largest absolute Gasteiger partial charge is 0.497 e. The number of benzene rings is 2. The zero-order valence-electron chi connectivity index (χ0n) is 15.7. The van der Waals surface area contributed by atoms with Gasteiger partial charge in [0.15, 0.2) is 5.78 Å². The number of hydrogen-bond donors (Lipinski definition) is 1. The Morgan fingerprint density at radius 3 is 2.52 bits per heavy atom. The molecule has 1 atom stereocenters. The minimum Gasteiger partial charge on any atom is -0.497 e. The van der Waals surface area contributed by atoms with Gasteiger partial charge in [0.2, 0.25) is 5.91 Å². The number of Topliss-reactive ketones (excluding diaryl/α,β-unsaturated/α-hetero) is 1. The number of methoxy groups -OCH3 is 1. The van der Waals surface area contributed by atoms with Crippen molar-refractivity contribution in [3.63, 3.8) is 0 Å². The molecule has 1 heterocycles. The standard InChI is InChI=1S/C22H26N2O3/c1-27-20-11-9-17(10-12-20)21(25)13-14-22(26)24-15-5-8-19(16-24)23-18-6-3-2-4-7-18/h2-4,6-7,9-12,19,23H,5,8,13-16H2,1H3/t19-/m1/s1. The molecule has 2 aromatic rings. The number of hydrogen-bond acceptors (Lipinski definition) is 4. The zero-order valence-corrected chi connectivity index (χ0v) is 15.7. The normalized spacial score (nSPS) is 16.6. The lowest BCUT2D eigenvalue weighted by Crippen LogP contribution is -2.45. The summed E-state index contributed by atoms with van der Waals surface area (Å²) in [4.78, 5) is 26.8. The van der Waals surface area contributed by atoms with Gasteiger partial charge >= 0.3 is 0 Å². The maximum atomic E-state index is 12.6. The average Bonchev–Trinajstić information content (AvgIpc) is 2.72. The third-order valence-electron chi connectivity index (χ3n) is 4.90.